The van der Waals surface area contributed by atoms with Crippen LogP contribution in [0, 0.1) is 0 Å². The minimum Gasteiger partial charge on any atom is -0.436 e. The van der Waals surface area contributed by atoms with Crippen LogP contribution in [0.15, 0.2) is 59.5 Å². The third-order valence-corrected chi connectivity index (χ3v) is 10.0. The number of nitrogens with zero attached hydrogens (tertiary/aromatic N) is 7. The van der Waals surface area contributed by atoms with Gasteiger partial charge in [-0.3, -0.25) is 19.8 Å². The number of carbonyl (C=O) groups is 2. The van der Waals surface area contributed by atoms with Gasteiger partial charge < -0.3 is 19.4 Å². The zero-order valence-electron chi connectivity index (χ0n) is 26.9. The van der Waals surface area contributed by atoms with Gasteiger partial charge in [0.2, 0.25) is 0 Å². The molecule has 0 aliphatic carbocycles. The van der Waals surface area contributed by atoms with Crippen molar-refractivity contribution in [3.8, 4) is 11.4 Å². The number of hydrogen-bond acceptors (Lipinski definition) is 8. The van der Waals surface area contributed by atoms with Crippen molar-refractivity contribution < 1.29 is 14.3 Å². The molecule has 2 aromatic heterocycles. The first-order valence-electron chi connectivity index (χ1n) is 16.7. The van der Waals surface area contributed by atoms with E-state index in [1.807, 2.05) is 53.4 Å². The highest BCUT2D eigenvalue weighted by atomic mass is 16.6. The lowest BCUT2D eigenvalue weighted by molar-refractivity contribution is -0.143. The molecule has 3 fully saturated rings. The number of piperazine rings is 1. The van der Waals surface area contributed by atoms with Crippen molar-refractivity contribution in [2.24, 2.45) is 0 Å². The molecule has 5 heterocycles. The first kappa shape index (κ1) is 31.1. The van der Waals surface area contributed by atoms with E-state index in [0.29, 0.717) is 50.9 Å². The van der Waals surface area contributed by atoms with Crippen LogP contribution < -0.4 is 5.69 Å². The van der Waals surface area contributed by atoms with Crippen molar-refractivity contribution in [2.75, 3.05) is 59.4 Å². The van der Waals surface area contributed by atoms with Crippen LogP contribution in [0.3, 0.4) is 0 Å². The Labute approximate surface area is 273 Å². The number of fused-ring (bicyclic) bond motifs is 1. The predicted octanol–water partition coefficient (Wildman–Crippen LogP) is 2.74. The van der Waals surface area contributed by atoms with Gasteiger partial charge >= 0.3 is 11.8 Å². The number of aromatic amines is 2. The highest BCUT2D eigenvalue weighted by Gasteiger charge is 2.35. The van der Waals surface area contributed by atoms with Crippen LogP contribution in [0.2, 0.25) is 0 Å². The summed E-state index contributed by atoms with van der Waals surface area (Å²) in [6.45, 7) is 5.91. The smallest absolute Gasteiger partial charge is 0.410 e. The van der Waals surface area contributed by atoms with Gasteiger partial charge in [-0.1, -0.05) is 36.4 Å². The summed E-state index contributed by atoms with van der Waals surface area (Å²) in [4.78, 5) is 51.5. The molecule has 13 heteroatoms. The van der Waals surface area contributed by atoms with Crippen molar-refractivity contribution in [2.45, 2.75) is 50.3 Å². The van der Waals surface area contributed by atoms with Crippen molar-refractivity contribution >= 4 is 22.9 Å². The van der Waals surface area contributed by atoms with Gasteiger partial charge in [-0.05, 0) is 63.5 Å². The van der Waals surface area contributed by atoms with Gasteiger partial charge in [-0.2, -0.15) is 5.10 Å². The van der Waals surface area contributed by atoms with Crippen molar-refractivity contribution in [1.29, 1.82) is 0 Å². The highest BCUT2D eigenvalue weighted by molar-refractivity contribution is 5.84. The molecule has 47 heavy (non-hydrogen) atoms. The molecule has 0 saturated carbocycles. The molecule has 13 nitrogen and oxygen atoms in total. The zero-order valence-corrected chi connectivity index (χ0v) is 26.9. The summed E-state index contributed by atoms with van der Waals surface area (Å²) >= 11 is 0. The Morgan fingerprint density at radius 2 is 1.62 bits per heavy atom. The summed E-state index contributed by atoms with van der Waals surface area (Å²) in [5, 5.41) is 12.6. The summed E-state index contributed by atoms with van der Waals surface area (Å²) in [6, 6.07) is 15.8. The average Bonchev–Trinajstić information content (AvgIpc) is 3.75. The molecule has 248 valence electrons. The molecule has 0 unspecified atom stereocenters. The monoisotopic (exact) mass is 641 g/mol. The van der Waals surface area contributed by atoms with Gasteiger partial charge in [-0.25, -0.2) is 14.3 Å². The van der Waals surface area contributed by atoms with E-state index in [1.165, 1.54) is 4.68 Å². The number of hydrogen-bond donors (Lipinski definition) is 2. The van der Waals surface area contributed by atoms with E-state index in [1.54, 1.807) is 11.1 Å². The number of likely N-dealkylation sites (tertiary alicyclic amines) is 2. The van der Waals surface area contributed by atoms with Gasteiger partial charge in [0.15, 0.2) is 11.9 Å². The van der Waals surface area contributed by atoms with Crippen LogP contribution in [0.25, 0.3) is 22.3 Å². The lowest BCUT2D eigenvalue weighted by Gasteiger charge is -2.42. The number of benzene rings is 2. The van der Waals surface area contributed by atoms with E-state index < -0.39 is 12.2 Å². The Balaban J connectivity index is 1.000. The molecule has 0 bridgehead atoms. The number of nitrogens with one attached hydrogen (secondary N) is 2. The molecule has 1 atom stereocenters. The molecule has 3 saturated heterocycles. The molecule has 3 aliphatic rings. The van der Waals surface area contributed by atoms with Crippen molar-refractivity contribution in [1.82, 2.24) is 44.6 Å². The number of rotatable bonds is 7. The van der Waals surface area contributed by atoms with E-state index >= 15 is 0 Å². The molecule has 4 aromatic rings. The fraction of sp³-hybridized carbons (Fsp3) is 0.500. The van der Waals surface area contributed by atoms with Crippen LogP contribution in [0.4, 0.5) is 4.79 Å². The van der Waals surface area contributed by atoms with Crippen molar-refractivity contribution in [3.05, 3.63) is 70.8 Å². The number of carbonyl (C=O) groups excluding carboxylic acids is 2. The summed E-state index contributed by atoms with van der Waals surface area (Å²) in [7, 11) is 2.17. The summed E-state index contributed by atoms with van der Waals surface area (Å²) < 4.78 is 7.54. The Morgan fingerprint density at radius 3 is 2.36 bits per heavy atom. The standard InChI is InChI=1S/C34H43N9O4/c1-39-13-9-27(10-14-39)40-17-19-41(20-18-40)32(44)30(22-24-7-8-29-26(21-24)23-35-37-29)47-34(46)42-15-11-28(12-16-42)43-33(45)36-31(38-43)25-5-3-2-4-6-25/h2-8,21,23,27-28,30H,9-20,22H2,1H3,(H,35,37)(H,36,38,45)/t30-/m1/s1. The topological polar surface area (TPSA) is 136 Å². The Bertz CT molecular complexity index is 1730. The normalized spacial score (nSPS) is 19.7. The summed E-state index contributed by atoms with van der Waals surface area (Å²) in [5.74, 6) is 0.375. The number of aromatic nitrogens is 5. The molecule has 3 aliphatic heterocycles. The molecule has 0 radical (unpaired) electrons. The maximum Gasteiger partial charge on any atom is 0.410 e. The number of ether oxygens (including phenoxy) is 1. The van der Waals surface area contributed by atoms with E-state index in [4.69, 9.17) is 4.74 Å². The van der Waals surface area contributed by atoms with Gasteiger partial charge in [-0.15, -0.1) is 5.10 Å². The van der Waals surface area contributed by atoms with Crippen molar-refractivity contribution in [3.63, 3.8) is 0 Å². The summed E-state index contributed by atoms with van der Waals surface area (Å²) in [6.07, 6.45) is 4.01. The van der Waals surface area contributed by atoms with Crippen LogP contribution in [0.1, 0.15) is 37.3 Å². The molecular formula is C34H43N9O4. The van der Waals surface area contributed by atoms with E-state index in [-0.39, 0.29) is 24.1 Å². The first-order chi connectivity index (χ1) is 22.9. The highest BCUT2D eigenvalue weighted by Crippen LogP contribution is 2.24. The predicted molar refractivity (Wildman–Crippen MR) is 177 cm³/mol. The number of H-pyrrole nitrogens is 2. The zero-order chi connectivity index (χ0) is 32.3. The molecule has 7 rings (SSSR count). The van der Waals surface area contributed by atoms with E-state index in [2.05, 4.69) is 37.1 Å². The third kappa shape index (κ3) is 6.96. The van der Waals surface area contributed by atoms with E-state index in [9.17, 15) is 14.4 Å². The lowest BCUT2D eigenvalue weighted by Crippen LogP contribution is -2.56. The summed E-state index contributed by atoms with van der Waals surface area (Å²) in [5.41, 5.74) is 2.39. The van der Waals surface area contributed by atoms with Crippen LogP contribution in [-0.2, 0) is 16.0 Å². The van der Waals surface area contributed by atoms with Gasteiger partial charge in [0, 0.05) is 62.7 Å². The van der Waals surface area contributed by atoms with Gasteiger partial charge in [0.05, 0.1) is 17.8 Å². The molecular weight excluding hydrogens is 598 g/mol. The number of amides is 2. The number of piperidine rings is 2. The van der Waals surface area contributed by atoms with E-state index in [0.717, 1.165) is 61.1 Å². The SMILES string of the molecule is CN1CCC(N2CCN(C(=O)[C@@H](Cc3ccc4[nH]ncc4c3)OC(=O)N3CCC(n4nc(-c5ccccc5)[nH]c4=O)CC3)CC2)CC1. The average molecular weight is 642 g/mol. The molecule has 2 N–H and O–H groups in total. The Morgan fingerprint density at radius 1 is 0.894 bits per heavy atom. The van der Waals surface area contributed by atoms with Gasteiger partial charge in [0.25, 0.3) is 5.91 Å². The second kappa shape index (κ2) is 13.7. The van der Waals surface area contributed by atoms with Gasteiger partial charge in [0.1, 0.15) is 0 Å². The van der Waals surface area contributed by atoms with Crippen LogP contribution in [-0.4, -0.2) is 128 Å². The largest absolute Gasteiger partial charge is 0.436 e. The lowest BCUT2D eigenvalue weighted by atomic mass is 10.0. The van der Waals surface area contributed by atoms with Crippen LogP contribution >= 0.6 is 0 Å². The maximum absolute atomic E-state index is 14.0. The maximum atomic E-state index is 14.0. The Kier molecular flexibility index (Phi) is 9.07. The first-order valence-corrected chi connectivity index (χ1v) is 16.7. The molecule has 0 spiro atoms. The minimum absolute atomic E-state index is 0.139. The molecule has 2 amide bonds. The second-order valence-corrected chi connectivity index (χ2v) is 13.1. The third-order valence-electron chi connectivity index (χ3n) is 10.0. The quantitative estimate of drug-likeness (QED) is 0.315. The fourth-order valence-electron chi connectivity index (χ4n) is 7.18. The molecule has 2 aromatic carbocycles. The fourth-order valence-corrected chi connectivity index (χ4v) is 7.18. The second-order valence-electron chi connectivity index (χ2n) is 13.1. The minimum atomic E-state index is -0.943. The van der Waals surface area contributed by atoms with Crippen LogP contribution in [0.5, 0.6) is 0 Å². The Hall–Kier alpha value is -4.49.